The first kappa shape index (κ1) is 11.1. The summed E-state index contributed by atoms with van der Waals surface area (Å²) in [4.78, 5) is 13.2. The van der Waals surface area contributed by atoms with E-state index in [9.17, 15) is 9.90 Å². The number of carboxylic acids is 1. The number of carboxylic acid groups (broad SMARTS) is 1. The second-order valence-corrected chi connectivity index (χ2v) is 4.54. The van der Waals surface area contributed by atoms with Gasteiger partial charge < -0.3 is 5.11 Å². The summed E-state index contributed by atoms with van der Waals surface area (Å²) in [5, 5.41) is 13.3. The van der Waals surface area contributed by atoms with Crippen molar-refractivity contribution in [3.05, 3.63) is 18.0 Å². The van der Waals surface area contributed by atoms with Crippen molar-refractivity contribution < 1.29 is 9.90 Å². The molecule has 88 valence electrons. The monoisotopic (exact) mass is 223 g/mol. The first-order valence-corrected chi connectivity index (χ1v) is 5.52. The standard InChI is InChI=1S/C11H17N3O2/c1-8-3-4-14(10(8)11(15)16)7-9-5-12-13(2)6-9/h5-6,8,10H,3-4,7H2,1-2H3,(H,15,16). The summed E-state index contributed by atoms with van der Waals surface area (Å²) in [6.45, 7) is 3.53. The van der Waals surface area contributed by atoms with Crippen LogP contribution in [0.5, 0.6) is 0 Å². The van der Waals surface area contributed by atoms with Gasteiger partial charge in [-0.05, 0) is 18.9 Å². The van der Waals surface area contributed by atoms with E-state index >= 15 is 0 Å². The number of hydrogen-bond acceptors (Lipinski definition) is 3. The van der Waals surface area contributed by atoms with Gasteiger partial charge in [-0.15, -0.1) is 0 Å². The molecule has 0 spiro atoms. The number of rotatable bonds is 3. The van der Waals surface area contributed by atoms with Gasteiger partial charge >= 0.3 is 5.97 Å². The van der Waals surface area contributed by atoms with Gasteiger partial charge in [-0.1, -0.05) is 6.92 Å². The zero-order chi connectivity index (χ0) is 11.7. The molecule has 2 heterocycles. The van der Waals surface area contributed by atoms with Crippen LogP contribution >= 0.6 is 0 Å². The molecule has 0 aromatic carbocycles. The third kappa shape index (κ3) is 2.09. The third-order valence-electron chi connectivity index (χ3n) is 3.20. The zero-order valence-corrected chi connectivity index (χ0v) is 9.63. The van der Waals surface area contributed by atoms with Crippen LogP contribution in [0.1, 0.15) is 18.9 Å². The normalized spacial score (nSPS) is 26.1. The molecule has 2 unspecified atom stereocenters. The van der Waals surface area contributed by atoms with Crippen LogP contribution in [0.25, 0.3) is 0 Å². The maximum absolute atomic E-state index is 11.2. The fourth-order valence-electron chi connectivity index (χ4n) is 2.39. The topological polar surface area (TPSA) is 58.4 Å². The SMILES string of the molecule is CC1CCN(Cc2cnn(C)c2)C1C(=O)O. The maximum atomic E-state index is 11.2. The maximum Gasteiger partial charge on any atom is 0.321 e. The Morgan fingerprint density at radius 1 is 1.69 bits per heavy atom. The van der Waals surface area contributed by atoms with Crippen LogP contribution in [-0.4, -0.2) is 38.3 Å². The van der Waals surface area contributed by atoms with E-state index < -0.39 is 5.97 Å². The smallest absolute Gasteiger partial charge is 0.321 e. The molecule has 0 aliphatic carbocycles. The van der Waals surface area contributed by atoms with Crippen molar-refractivity contribution in [2.45, 2.75) is 25.9 Å². The number of likely N-dealkylation sites (tertiary alicyclic amines) is 1. The van der Waals surface area contributed by atoms with Crippen LogP contribution in [0.4, 0.5) is 0 Å². The van der Waals surface area contributed by atoms with Gasteiger partial charge in [0.1, 0.15) is 6.04 Å². The molecular formula is C11H17N3O2. The number of aliphatic carboxylic acids is 1. The van der Waals surface area contributed by atoms with E-state index in [2.05, 4.69) is 5.10 Å². The number of aryl methyl sites for hydroxylation is 1. The fourth-order valence-corrected chi connectivity index (χ4v) is 2.39. The number of nitrogens with zero attached hydrogens (tertiary/aromatic N) is 3. The van der Waals surface area contributed by atoms with Gasteiger partial charge in [0.25, 0.3) is 0 Å². The highest BCUT2D eigenvalue weighted by atomic mass is 16.4. The Kier molecular flexibility index (Phi) is 2.96. The lowest BCUT2D eigenvalue weighted by Gasteiger charge is -2.22. The summed E-state index contributed by atoms with van der Waals surface area (Å²) in [6.07, 6.45) is 4.68. The first-order chi connectivity index (χ1) is 7.58. The van der Waals surface area contributed by atoms with E-state index in [-0.39, 0.29) is 12.0 Å². The van der Waals surface area contributed by atoms with E-state index in [1.165, 1.54) is 0 Å². The van der Waals surface area contributed by atoms with Gasteiger partial charge in [0.2, 0.25) is 0 Å². The molecule has 0 saturated carbocycles. The lowest BCUT2D eigenvalue weighted by molar-refractivity contribution is -0.143. The van der Waals surface area contributed by atoms with Crippen LogP contribution in [0.3, 0.4) is 0 Å². The molecule has 1 aromatic rings. The molecule has 5 heteroatoms. The Labute approximate surface area is 94.7 Å². The summed E-state index contributed by atoms with van der Waals surface area (Å²) in [6, 6.07) is -0.347. The van der Waals surface area contributed by atoms with E-state index in [1.807, 2.05) is 25.1 Å². The Hall–Kier alpha value is -1.36. The van der Waals surface area contributed by atoms with Crippen molar-refractivity contribution >= 4 is 5.97 Å². The minimum Gasteiger partial charge on any atom is -0.480 e. The van der Waals surface area contributed by atoms with Gasteiger partial charge in [0.05, 0.1) is 6.20 Å². The molecule has 16 heavy (non-hydrogen) atoms. The second kappa shape index (κ2) is 4.25. The molecule has 1 saturated heterocycles. The predicted octanol–water partition coefficient (Wildman–Crippen LogP) is 0.715. The van der Waals surface area contributed by atoms with Crippen LogP contribution in [0.15, 0.2) is 12.4 Å². The van der Waals surface area contributed by atoms with Gasteiger partial charge in [-0.2, -0.15) is 5.10 Å². The Morgan fingerprint density at radius 2 is 2.44 bits per heavy atom. The summed E-state index contributed by atoms with van der Waals surface area (Å²) in [5.41, 5.74) is 1.07. The Morgan fingerprint density at radius 3 is 3.00 bits per heavy atom. The van der Waals surface area contributed by atoms with Crippen molar-refractivity contribution in [2.24, 2.45) is 13.0 Å². The van der Waals surface area contributed by atoms with Crippen LogP contribution < -0.4 is 0 Å². The molecule has 5 nitrogen and oxygen atoms in total. The average Bonchev–Trinajstić information content (AvgIpc) is 2.74. The van der Waals surface area contributed by atoms with E-state index in [4.69, 9.17) is 0 Å². The molecular weight excluding hydrogens is 206 g/mol. The van der Waals surface area contributed by atoms with E-state index in [0.717, 1.165) is 18.5 Å². The second-order valence-electron chi connectivity index (χ2n) is 4.54. The van der Waals surface area contributed by atoms with Crippen molar-refractivity contribution in [3.8, 4) is 0 Å². The number of carbonyl (C=O) groups is 1. The van der Waals surface area contributed by atoms with Crippen molar-refractivity contribution in [1.82, 2.24) is 14.7 Å². The summed E-state index contributed by atoms with van der Waals surface area (Å²) >= 11 is 0. The highest BCUT2D eigenvalue weighted by Crippen LogP contribution is 2.25. The molecule has 0 bridgehead atoms. The van der Waals surface area contributed by atoms with Crippen molar-refractivity contribution in [3.63, 3.8) is 0 Å². The lowest BCUT2D eigenvalue weighted by atomic mass is 10.0. The summed E-state index contributed by atoms with van der Waals surface area (Å²) in [7, 11) is 1.87. The van der Waals surface area contributed by atoms with Gasteiger partial charge in [-0.25, -0.2) is 0 Å². The largest absolute Gasteiger partial charge is 0.480 e. The predicted molar refractivity (Wildman–Crippen MR) is 58.8 cm³/mol. The van der Waals surface area contributed by atoms with Crippen LogP contribution in [0, 0.1) is 5.92 Å². The number of aromatic nitrogens is 2. The third-order valence-corrected chi connectivity index (χ3v) is 3.20. The molecule has 1 aliphatic rings. The average molecular weight is 223 g/mol. The van der Waals surface area contributed by atoms with E-state index in [1.54, 1.807) is 10.9 Å². The molecule has 2 atom stereocenters. The van der Waals surface area contributed by atoms with E-state index in [0.29, 0.717) is 6.54 Å². The molecule has 1 aromatic heterocycles. The zero-order valence-electron chi connectivity index (χ0n) is 9.63. The van der Waals surface area contributed by atoms with Crippen LogP contribution in [-0.2, 0) is 18.4 Å². The van der Waals surface area contributed by atoms with Gasteiger partial charge in [0, 0.05) is 25.4 Å². The first-order valence-electron chi connectivity index (χ1n) is 5.52. The quantitative estimate of drug-likeness (QED) is 0.820. The molecule has 1 fully saturated rings. The number of hydrogen-bond donors (Lipinski definition) is 1. The Bertz CT molecular complexity index is 388. The summed E-state index contributed by atoms with van der Waals surface area (Å²) < 4.78 is 1.74. The van der Waals surface area contributed by atoms with Crippen molar-refractivity contribution in [2.75, 3.05) is 6.54 Å². The molecule has 1 N–H and O–H groups in total. The highest BCUT2D eigenvalue weighted by Gasteiger charge is 2.36. The van der Waals surface area contributed by atoms with Crippen LogP contribution in [0.2, 0.25) is 0 Å². The van der Waals surface area contributed by atoms with Gasteiger partial charge in [0.15, 0.2) is 0 Å². The fraction of sp³-hybridized carbons (Fsp3) is 0.636. The minimum atomic E-state index is -0.714. The molecule has 2 rings (SSSR count). The minimum absolute atomic E-state index is 0.231. The molecule has 0 radical (unpaired) electrons. The van der Waals surface area contributed by atoms with Crippen molar-refractivity contribution in [1.29, 1.82) is 0 Å². The lowest BCUT2D eigenvalue weighted by Crippen LogP contribution is -2.38. The Balaban J connectivity index is 2.07. The molecule has 1 aliphatic heterocycles. The molecule has 0 amide bonds. The highest BCUT2D eigenvalue weighted by molar-refractivity contribution is 5.74. The van der Waals surface area contributed by atoms with Gasteiger partial charge in [-0.3, -0.25) is 14.4 Å². The summed E-state index contributed by atoms with van der Waals surface area (Å²) in [5.74, 6) is -0.483.